The molecule has 0 saturated heterocycles. The summed E-state index contributed by atoms with van der Waals surface area (Å²) in [6.45, 7) is 4.73. The first-order valence-corrected chi connectivity index (χ1v) is 9.27. The number of carbonyl (C=O) groups is 1. The van der Waals surface area contributed by atoms with Crippen LogP contribution in [0.25, 0.3) is 11.2 Å². The lowest BCUT2D eigenvalue weighted by Crippen LogP contribution is -2.38. The number of amides is 1. The van der Waals surface area contributed by atoms with E-state index in [4.69, 9.17) is 11.6 Å². The summed E-state index contributed by atoms with van der Waals surface area (Å²) in [6.07, 6.45) is 4.34. The lowest BCUT2D eigenvalue weighted by Gasteiger charge is -2.15. The van der Waals surface area contributed by atoms with E-state index in [0.717, 1.165) is 30.3 Å². The van der Waals surface area contributed by atoms with Gasteiger partial charge in [0.15, 0.2) is 11.2 Å². The van der Waals surface area contributed by atoms with Gasteiger partial charge in [0.05, 0.1) is 0 Å². The average Bonchev–Trinajstić information content (AvgIpc) is 2.95. The third kappa shape index (κ3) is 4.00. The van der Waals surface area contributed by atoms with Gasteiger partial charge >= 0.3 is 5.69 Å². The fourth-order valence-electron chi connectivity index (χ4n) is 2.97. The fourth-order valence-corrected chi connectivity index (χ4v) is 3.19. The summed E-state index contributed by atoms with van der Waals surface area (Å²) in [5, 5.41) is 2.92. The lowest BCUT2D eigenvalue weighted by atomic mass is 9.99. The van der Waals surface area contributed by atoms with Gasteiger partial charge in [-0.2, -0.15) is 4.98 Å². The molecule has 0 aliphatic carbocycles. The highest BCUT2D eigenvalue weighted by Gasteiger charge is 2.20. The van der Waals surface area contributed by atoms with Crippen molar-refractivity contribution < 1.29 is 4.79 Å². The molecule has 144 valence electrons. The number of hydrogen-bond acceptors (Lipinski definition) is 4. The van der Waals surface area contributed by atoms with Gasteiger partial charge in [-0.1, -0.05) is 33.1 Å². The molecule has 26 heavy (non-hydrogen) atoms. The zero-order valence-electron chi connectivity index (χ0n) is 15.7. The van der Waals surface area contributed by atoms with Gasteiger partial charge in [-0.05, 0) is 23.9 Å². The second-order valence-electron chi connectivity index (χ2n) is 6.57. The predicted molar refractivity (Wildman–Crippen MR) is 102 cm³/mol. The van der Waals surface area contributed by atoms with Crippen molar-refractivity contribution in [3.63, 3.8) is 0 Å². The van der Waals surface area contributed by atoms with Gasteiger partial charge < -0.3 is 5.32 Å². The monoisotopic (exact) mass is 383 g/mol. The summed E-state index contributed by atoms with van der Waals surface area (Å²) in [5.41, 5.74) is -0.697. The zero-order valence-corrected chi connectivity index (χ0v) is 16.5. The Balaban J connectivity index is 2.23. The van der Waals surface area contributed by atoms with Crippen LogP contribution >= 0.6 is 11.6 Å². The molecule has 1 atom stereocenters. The molecule has 0 radical (unpaired) electrons. The van der Waals surface area contributed by atoms with Crippen molar-refractivity contribution >= 4 is 28.7 Å². The number of unbranched alkanes of at least 4 members (excludes halogenated alkanes) is 1. The van der Waals surface area contributed by atoms with Crippen molar-refractivity contribution in [2.75, 3.05) is 6.54 Å². The Kier molecular flexibility index (Phi) is 6.63. The number of aryl methyl sites for hydroxylation is 1. The molecule has 0 spiro atoms. The van der Waals surface area contributed by atoms with E-state index in [2.05, 4.69) is 24.1 Å². The van der Waals surface area contributed by atoms with E-state index in [1.54, 1.807) is 0 Å². The van der Waals surface area contributed by atoms with Crippen LogP contribution in [-0.2, 0) is 25.4 Å². The van der Waals surface area contributed by atoms with Crippen molar-refractivity contribution in [2.45, 2.75) is 46.1 Å². The van der Waals surface area contributed by atoms with Crippen molar-refractivity contribution in [3.05, 3.63) is 26.1 Å². The van der Waals surface area contributed by atoms with Crippen LogP contribution < -0.4 is 16.6 Å². The highest BCUT2D eigenvalue weighted by Crippen LogP contribution is 2.15. The summed E-state index contributed by atoms with van der Waals surface area (Å²) >= 11 is 6.13. The molecule has 0 unspecified atom stereocenters. The predicted octanol–water partition coefficient (Wildman–Crippen LogP) is 1.42. The Morgan fingerprint density at radius 3 is 2.54 bits per heavy atom. The summed E-state index contributed by atoms with van der Waals surface area (Å²) < 4.78 is 3.57. The summed E-state index contributed by atoms with van der Waals surface area (Å²) in [6, 6.07) is 0. The maximum Gasteiger partial charge on any atom is 0.332 e. The standard InChI is InChI=1S/C17H26ClN5O3/c1-5-7-8-11(6-2)9-19-12(24)10-23-13-14(20-16(23)18)21(3)17(26)22(4)15(13)25/h11H,5-10H2,1-4H3,(H,19,24)/t11-/m1/s1. The number of nitrogens with zero attached hydrogens (tertiary/aromatic N) is 4. The number of hydrogen-bond donors (Lipinski definition) is 1. The van der Waals surface area contributed by atoms with Crippen LogP contribution in [0.1, 0.15) is 39.5 Å². The Morgan fingerprint density at radius 2 is 1.92 bits per heavy atom. The van der Waals surface area contributed by atoms with Crippen LogP contribution in [0.2, 0.25) is 5.28 Å². The first kappa shape index (κ1) is 20.2. The Morgan fingerprint density at radius 1 is 1.23 bits per heavy atom. The quantitative estimate of drug-likeness (QED) is 0.698. The third-order valence-electron chi connectivity index (χ3n) is 4.73. The van der Waals surface area contributed by atoms with Gasteiger partial charge in [0, 0.05) is 20.6 Å². The molecule has 1 N–H and O–H groups in total. The second kappa shape index (κ2) is 8.53. The van der Waals surface area contributed by atoms with Crippen LogP contribution in [0, 0.1) is 5.92 Å². The summed E-state index contributed by atoms with van der Waals surface area (Å²) in [7, 11) is 2.90. The Hall–Kier alpha value is -2.09. The molecular formula is C17H26ClN5O3. The van der Waals surface area contributed by atoms with Crippen molar-refractivity contribution in [1.82, 2.24) is 24.0 Å². The molecule has 0 bridgehead atoms. The molecule has 2 heterocycles. The summed E-state index contributed by atoms with van der Waals surface area (Å²) in [5.74, 6) is 0.194. The van der Waals surface area contributed by atoms with Gasteiger partial charge in [0.25, 0.3) is 5.56 Å². The van der Waals surface area contributed by atoms with Gasteiger partial charge in [0.1, 0.15) is 6.54 Å². The molecule has 0 aliphatic heterocycles. The molecular weight excluding hydrogens is 358 g/mol. The Labute approximate surface area is 156 Å². The first-order valence-electron chi connectivity index (χ1n) is 8.90. The van der Waals surface area contributed by atoms with Crippen LogP contribution in [0.3, 0.4) is 0 Å². The molecule has 2 aromatic rings. The van der Waals surface area contributed by atoms with Crippen LogP contribution in [0.5, 0.6) is 0 Å². The maximum absolute atomic E-state index is 12.4. The van der Waals surface area contributed by atoms with Gasteiger partial charge in [0.2, 0.25) is 11.2 Å². The normalized spacial score (nSPS) is 12.5. The fraction of sp³-hybridized carbons (Fsp3) is 0.647. The maximum atomic E-state index is 12.4. The van der Waals surface area contributed by atoms with Crippen molar-refractivity contribution in [1.29, 1.82) is 0 Å². The molecule has 0 fully saturated rings. The largest absolute Gasteiger partial charge is 0.354 e. The number of rotatable bonds is 8. The van der Waals surface area contributed by atoms with Crippen LogP contribution in [0.15, 0.2) is 9.59 Å². The number of halogens is 1. The molecule has 0 saturated carbocycles. The highest BCUT2D eigenvalue weighted by molar-refractivity contribution is 6.29. The lowest BCUT2D eigenvalue weighted by molar-refractivity contribution is -0.121. The minimum absolute atomic E-state index is 0.00599. The number of imidazole rings is 1. The van der Waals surface area contributed by atoms with Gasteiger partial charge in [-0.3, -0.25) is 23.3 Å². The van der Waals surface area contributed by atoms with Gasteiger partial charge in [-0.25, -0.2) is 4.79 Å². The van der Waals surface area contributed by atoms with E-state index < -0.39 is 11.2 Å². The number of carbonyl (C=O) groups excluding carboxylic acids is 1. The van der Waals surface area contributed by atoms with Crippen LogP contribution in [0.4, 0.5) is 0 Å². The minimum Gasteiger partial charge on any atom is -0.354 e. The zero-order chi connectivity index (χ0) is 19.4. The number of nitrogens with one attached hydrogen (secondary N) is 1. The van der Waals surface area contributed by atoms with E-state index in [9.17, 15) is 14.4 Å². The number of aromatic nitrogens is 4. The molecule has 0 aliphatic rings. The smallest absolute Gasteiger partial charge is 0.332 e. The first-order chi connectivity index (χ1) is 12.3. The van der Waals surface area contributed by atoms with Gasteiger partial charge in [-0.15, -0.1) is 0 Å². The van der Waals surface area contributed by atoms with Crippen LogP contribution in [-0.4, -0.2) is 31.1 Å². The third-order valence-corrected chi connectivity index (χ3v) is 5.02. The molecule has 9 heteroatoms. The molecule has 1 amide bonds. The van der Waals surface area contributed by atoms with E-state index in [1.807, 2.05) is 0 Å². The van der Waals surface area contributed by atoms with Crippen molar-refractivity contribution in [2.24, 2.45) is 20.0 Å². The highest BCUT2D eigenvalue weighted by atomic mass is 35.5. The van der Waals surface area contributed by atoms with E-state index in [1.165, 1.54) is 23.2 Å². The topological polar surface area (TPSA) is 90.9 Å². The van der Waals surface area contributed by atoms with Crippen molar-refractivity contribution in [3.8, 4) is 0 Å². The molecule has 2 aromatic heterocycles. The summed E-state index contributed by atoms with van der Waals surface area (Å²) in [4.78, 5) is 40.9. The second-order valence-corrected chi connectivity index (χ2v) is 6.90. The van der Waals surface area contributed by atoms with E-state index >= 15 is 0 Å². The Bertz CT molecular complexity index is 912. The molecule has 2 rings (SSSR count). The van der Waals surface area contributed by atoms with E-state index in [0.29, 0.717) is 12.5 Å². The molecule has 0 aromatic carbocycles. The minimum atomic E-state index is -0.523. The molecule has 8 nitrogen and oxygen atoms in total. The van der Waals surface area contributed by atoms with E-state index in [-0.39, 0.29) is 28.9 Å². The average molecular weight is 384 g/mol. The number of fused-ring (bicyclic) bond motifs is 1. The SMILES string of the molecule is CCCC[C@@H](CC)CNC(=O)Cn1c(Cl)nc2c1c(=O)n(C)c(=O)n2C.